The number of carbonyl (C=O) groups is 1. The van der Waals surface area contributed by atoms with Crippen LogP contribution in [-0.4, -0.2) is 11.1 Å². The second-order valence-electron chi connectivity index (χ2n) is 4.94. The van der Waals surface area contributed by atoms with Gasteiger partial charge in [0.2, 0.25) is 0 Å². The third-order valence-corrected chi connectivity index (χ3v) is 3.40. The van der Waals surface area contributed by atoms with Crippen LogP contribution in [0.4, 0.5) is 5.69 Å². The summed E-state index contributed by atoms with van der Waals surface area (Å²) in [4.78, 5) is 10.9. The molecule has 4 nitrogen and oxygen atoms in total. The lowest BCUT2D eigenvalue weighted by atomic mass is 10.1. The van der Waals surface area contributed by atoms with E-state index in [2.05, 4.69) is 5.32 Å². The average molecular weight is 281 g/mol. The van der Waals surface area contributed by atoms with Crippen LogP contribution in [0.15, 0.2) is 52.9 Å². The zero-order valence-electron chi connectivity index (χ0n) is 11.6. The molecular formula is C17H15NO3. The summed E-state index contributed by atoms with van der Waals surface area (Å²) < 4.78 is 5.73. The summed E-state index contributed by atoms with van der Waals surface area (Å²) in [7, 11) is 0. The van der Waals surface area contributed by atoms with Gasteiger partial charge < -0.3 is 14.8 Å². The van der Waals surface area contributed by atoms with E-state index in [4.69, 9.17) is 9.52 Å². The fourth-order valence-corrected chi connectivity index (χ4v) is 2.30. The van der Waals surface area contributed by atoms with Crippen molar-refractivity contribution in [1.29, 1.82) is 0 Å². The molecule has 0 fully saturated rings. The van der Waals surface area contributed by atoms with E-state index in [1.807, 2.05) is 37.3 Å². The van der Waals surface area contributed by atoms with Gasteiger partial charge in [0, 0.05) is 11.1 Å². The molecule has 4 heteroatoms. The van der Waals surface area contributed by atoms with Gasteiger partial charge in [-0.05, 0) is 42.8 Å². The SMILES string of the molecule is Cc1cc(C(=O)O)ccc1NCc1cc2ccccc2o1. The van der Waals surface area contributed by atoms with Crippen molar-refractivity contribution in [3.05, 3.63) is 65.4 Å². The minimum atomic E-state index is -0.915. The summed E-state index contributed by atoms with van der Waals surface area (Å²) in [5.74, 6) is -0.0696. The maximum atomic E-state index is 10.9. The van der Waals surface area contributed by atoms with E-state index < -0.39 is 5.97 Å². The van der Waals surface area contributed by atoms with Gasteiger partial charge in [-0.15, -0.1) is 0 Å². The second-order valence-corrected chi connectivity index (χ2v) is 4.94. The van der Waals surface area contributed by atoms with E-state index >= 15 is 0 Å². The Morgan fingerprint density at radius 2 is 2.00 bits per heavy atom. The molecule has 0 radical (unpaired) electrons. The van der Waals surface area contributed by atoms with Gasteiger partial charge >= 0.3 is 5.97 Å². The van der Waals surface area contributed by atoms with Gasteiger partial charge in [0.15, 0.2) is 0 Å². The van der Waals surface area contributed by atoms with E-state index in [1.54, 1.807) is 18.2 Å². The third-order valence-electron chi connectivity index (χ3n) is 3.40. The molecule has 2 N–H and O–H groups in total. The highest BCUT2D eigenvalue weighted by atomic mass is 16.4. The molecular weight excluding hydrogens is 266 g/mol. The standard InChI is InChI=1S/C17H15NO3/c1-11-8-13(17(19)20)6-7-15(11)18-10-14-9-12-4-2-3-5-16(12)21-14/h2-9,18H,10H2,1H3,(H,19,20). The van der Waals surface area contributed by atoms with Gasteiger partial charge in [-0.25, -0.2) is 4.79 Å². The quantitative estimate of drug-likeness (QED) is 0.757. The second kappa shape index (κ2) is 5.32. The number of fused-ring (bicyclic) bond motifs is 1. The summed E-state index contributed by atoms with van der Waals surface area (Å²) in [6, 6.07) is 14.9. The van der Waals surface area contributed by atoms with Gasteiger partial charge in [0.25, 0.3) is 0 Å². The van der Waals surface area contributed by atoms with E-state index in [1.165, 1.54) is 0 Å². The maximum Gasteiger partial charge on any atom is 0.335 e. The molecule has 1 aromatic heterocycles. The molecule has 0 spiro atoms. The van der Waals surface area contributed by atoms with Crippen LogP contribution < -0.4 is 5.32 Å². The number of hydrogen-bond acceptors (Lipinski definition) is 3. The predicted molar refractivity (Wildman–Crippen MR) is 81.7 cm³/mol. The van der Waals surface area contributed by atoms with Crippen molar-refractivity contribution < 1.29 is 14.3 Å². The summed E-state index contributed by atoms with van der Waals surface area (Å²) in [5, 5.41) is 13.3. The van der Waals surface area contributed by atoms with Gasteiger partial charge in [-0.1, -0.05) is 18.2 Å². The Morgan fingerprint density at radius 3 is 2.71 bits per heavy atom. The molecule has 21 heavy (non-hydrogen) atoms. The Labute approximate surface area is 122 Å². The number of benzene rings is 2. The maximum absolute atomic E-state index is 10.9. The third kappa shape index (κ3) is 2.74. The summed E-state index contributed by atoms with van der Waals surface area (Å²) in [6.45, 7) is 2.44. The van der Waals surface area contributed by atoms with Gasteiger partial charge in [0.1, 0.15) is 11.3 Å². The number of furan rings is 1. The fraction of sp³-hybridized carbons (Fsp3) is 0.118. The molecule has 0 aliphatic heterocycles. The van der Waals surface area contributed by atoms with Crippen LogP contribution in [0.25, 0.3) is 11.0 Å². The average Bonchev–Trinajstić information content (AvgIpc) is 2.88. The van der Waals surface area contributed by atoms with Crippen molar-refractivity contribution in [3.8, 4) is 0 Å². The molecule has 0 saturated heterocycles. The first kappa shape index (κ1) is 13.2. The molecule has 0 atom stereocenters. The monoisotopic (exact) mass is 281 g/mol. The Balaban J connectivity index is 1.76. The number of hydrogen-bond donors (Lipinski definition) is 2. The summed E-state index contributed by atoms with van der Waals surface area (Å²) in [5.41, 5.74) is 2.96. The number of nitrogens with one attached hydrogen (secondary N) is 1. The number of rotatable bonds is 4. The van der Waals surface area contributed by atoms with E-state index in [0.717, 1.165) is 28.0 Å². The van der Waals surface area contributed by atoms with Crippen molar-refractivity contribution in [2.75, 3.05) is 5.32 Å². The number of aryl methyl sites for hydroxylation is 1. The molecule has 106 valence electrons. The Kier molecular flexibility index (Phi) is 3.36. The lowest BCUT2D eigenvalue weighted by Crippen LogP contribution is -2.02. The van der Waals surface area contributed by atoms with Crippen LogP contribution in [0.2, 0.25) is 0 Å². The van der Waals surface area contributed by atoms with Crippen LogP contribution in [0.1, 0.15) is 21.7 Å². The first-order valence-corrected chi connectivity index (χ1v) is 6.69. The lowest BCUT2D eigenvalue weighted by molar-refractivity contribution is 0.0697. The number of anilines is 1. The Hall–Kier alpha value is -2.75. The van der Waals surface area contributed by atoms with Crippen LogP contribution in [0, 0.1) is 6.92 Å². The van der Waals surface area contributed by atoms with Crippen LogP contribution in [-0.2, 0) is 6.54 Å². The lowest BCUT2D eigenvalue weighted by Gasteiger charge is -2.08. The molecule has 0 unspecified atom stereocenters. The normalized spacial score (nSPS) is 10.7. The molecule has 0 saturated carbocycles. The number of aromatic carboxylic acids is 1. The molecule has 3 aromatic rings. The highest BCUT2D eigenvalue weighted by Crippen LogP contribution is 2.21. The summed E-state index contributed by atoms with van der Waals surface area (Å²) >= 11 is 0. The Bertz CT molecular complexity index is 772. The number of carboxylic acids is 1. The molecule has 0 aliphatic carbocycles. The zero-order valence-corrected chi connectivity index (χ0v) is 11.6. The van der Waals surface area contributed by atoms with Crippen LogP contribution in [0.5, 0.6) is 0 Å². The predicted octanol–water partition coefficient (Wildman–Crippen LogP) is 4.05. The van der Waals surface area contributed by atoms with Crippen LogP contribution in [0.3, 0.4) is 0 Å². The van der Waals surface area contributed by atoms with Gasteiger partial charge in [0.05, 0.1) is 12.1 Å². The largest absolute Gasteiger partial charge is 0.478 e. The van der Waals surface area contributed by atoms with E-state index in [0.29, 0.717) is 12.1 Å². The van der Waals surface area contributed by atoms with Crippen molar-refractivity contribution >= 4 is 22.6 Å². The van der Waals surface area contributed by atoms with E-state index in [9.17, 15) is 4.79 Å². The first-order chi connectivity index (χ1) is 10.1. The Morgan fingerprint density at radius 1 is 1.19 bits per heavy atom. The van der Waals surface area contributed by atoms with Crippen molar-refractivity contribution in [3.63, 3.8) is 0 Å². The van der Waals surface area contributed by atoms with Crippen molar-refractivity contribution in [2.24, 2.45) is 0 Å². The van der Waals surface area contributed by atoms with Gasteiger partial charge in [-0.3, -0.25) is 0 Å². The molecule has 2 aromatic carbocycles. The highest BCUT2D eigenvalue weighted by Gasteiger charge is 2.07. The summed E-state index contributed by atoms with van der Waals surface area (Å²) in [6.07, 6.45) is 0. The smallest absolute Gasteiger partial charge is 0.335 e. The highest BCUT2D eigenvalue weighted by molar-refractivity contribution is 5.88. The zero-order chi connectivity index (χ0) is 14.8. The minimum absolute atomic E-state index is 0.293. The number of carboxylic acid groups (broad SMARTS) is 1. The molecule has 0 aliphatic rings. The van der Waals surface area contributed by atoms with Crippen molar-refractivity contribution in [2.45, 2.75) is 13.5 Å². The molecule has 0 bridgehead atoms. The molecule has 1 heterocycles. The number of para-hydroxylation sites is 1. The van der Waals surface area contributed by atoms with Gasteiger partial charge in [-0.2, -0.15) is 0 Å². The fourth-order valence-electron chi connectivity index (χ4n) is 2.30. The van der Waals surface area contributed by atoms with Crippen molar-refractivity contribution in [1.82, 2.24) is 0 Å². The van der Waals surface area contributed by atoms with Crippen LogP contribution >= 0.6 is 0 Å². The first-order valence-electron chi connectivity index (χ1n) is 6.69. The minimum Gasteiger partial charge on any atom is -0.478 e. The molecule has 0 amide bonds. The topological polar surface area (TPSA) is 62.5 Å². The van der Waals surface area contributed by atoms with E-state index in [-0.39, 0.29) is 0 Å². The molecule has 3 rings (SSSR count).